The molecule has 2 aliphatic rings. The third-order valence-electron chi connectivity index (χ3n) is 5.95. The molecule has 26 heavy (non-hydrogen) atoms. The Kier molecular flexibility index (Phi) is 7.81. The number of hydrogen-bond donors (Lipinski definition) is 1. The lowest BCUT2D eigenvalue weighted by Gasteiger charge is -2.44. The number of ether oxygens (including phenoxy) is 1. The van der Waals surface area contributed by atoms with Gasteiger partial charge in [0.1, 0.15) is 5.60 Å². The SMILES string of the molecule is CCCCCCCCCCC1(O)CC2CCC(C1)N2C(=O)OC(C)(C)C. The average Bonchev–Trinajstić information content (AvgIpc) is 2.81. The zero-order valence-corrected chi connectivity index (χ0v) is 17.6. The molecule has 2 unspecified atom stereocenters. The first-order valence-corrected chi connectivity index (χ1v) is 11.0. The lowest BCUT2D eigenvalue weighted by molar-refractivity contribution is -0.0635. The lowest BCUT2D eigenvalue weighted by Crippen LogP contribution is -2.54. The van der Waals surface area contributed by atoms with Gasteiger partial charge in [0.05, 0.1) is 5.60 Å². The molecule has 4 nitrogen and oxygen atoms in total. The van der Waals surface area contributed by atoms with Crippen LogP contribution in [-0.4, -0.2) is 39.4 Å². The minimum atomic E-state index is -0.577. The maximum absolute atomic E-state index is 12.5. The van der Waals surface area contributed by atoms with E-state index < -0.39 is 11.2 Å². The Morgan fingerprint density at radius 2 is 1.50 bits per heavy atom. The minimum Gasteiger partial charge on any atom is -0.444 e. The molecule has 2 bridgehead atoms. The molecule has 0 radical (unpaired) electrons. The predicted molar refractivity (Wildman–Crippen MR) is 106 cm³/mol. The largest absolute Gasteiger partial charge is 0.444 e. The number of carbonyl (C=O) groups is 1. The first-order valence-electron chi connectivity index (χ1n) is 11.0. The molecule has 2 rings (SSSR count). The first kappa shape index (κ1) is 21.5. The van der Waals surface area contributed by atoms with Crippen LogP contribution in [0.15, 0.2) is 0 Å². The smallest absolute Gasteiger partial charge is 0.410 e. The highest BCUT2D eigenvalue weighted by Gasteiger charge is 2.49. The van der Waals surface area contributed by atoms with E-state index in [1.54, 1.807) is 0 Å². The minimum absolute atomic E-state index is 0.155. The summed E-state index contributed by atoms with van der Waals surface area (Å²) >= 11 is 0. The predicted octanol–water partition coefficient (Wildman–Crippen LogP) is 5.81. The van der Waals surface area contributed by atoms with Crippen LogP contribution < -0.4 is 0 Å². The molecule has 2 saturated heterocycles. The van der Waals surface area contributed by atoms with E-state index in [-0.39, 0.29) is 18.2 Å². The van der Waals surface area contributed by atoms with E-state index >= 15 is 0 Å². The number of unbranched alkanes of at least 4 members (excludes halogenated alkanes) is 7. The van der Waals surface area contributed by atoms with Crippen molar-refractivity contribution in [2.75, 3.05) is 0 Å². The van der Waals surface area contributed by atoms with Gasteiger partial charge in [-0.25, -0.2) is 4.79 Å². The van der Waals surface area contributed by atoms with E-state index in [9.17, 15) is 9.90 Å². The molecule has 0 aromatic carbocycles. The fourth-order valence-electron chi connectivity index (χ4n) is 4.73. The lowest BCUT2D eigenvalue weighted by atomic mass is 9.82. The number of amides is 1. The fourth-order valence-corrected chi connectivity index (χ4v) is 4.73. The van der Waals surface area contributed by atoms with Crippen molar-refractivity contribution in [1.82, 2.24) is 4.90 Å². The highest BCUT2D eigenvalue weighted by molar-refractivity contribution is 5.69. The summed E-state index contributed by atoms with van der Waals surface area (Å²) in [6.45, 7) is 7.99. The van der Waals surface area contributed by atoms with Crippen LogP contribution in [0.1, 0.15) is 111 Å². The van der Waals surface area contributed by atoms with Gasteiger partial charge in [0, 0.05) is 12.1 Å². The molecule has 0 aliphatic carbocycles. The summed E-state index contributed by atoms with van der Waals surface area (Å²) in [6, 6.07) is 0.310. The van der Waals surface area contributed by atoms with Crippen LogP contribution in [0, 0.1) is 0 Å². The van der Waals surface area contributed by atoms with Gasteiger partial charge >= 0.3 is 6.09 Å². The summed E-state index contributed by atoms with van der Waals surface area (Å²) in [5.74, 6) is 0. The Labute approximate surface area is 160 Å². The van der Waals surface area contributed by atoms with Crippen LogP contribution in [0.3, 0.4) is 0 Å². The van der Waals surface area contributed by atoms with E-state index in [2.05, 4.69) is 6.92 Å². The second-order valence-electron chi connectivity index (χ2n) is 9.63. The van der Waals surface area contributed by atoms with Crippen molar-refractivity contribution < 1.29 is 14.6 Å². The number of nitrogens with zero attached hydrogens (tertiary/aromatic N) is 1. The second-order valence-corrected chi connectivity index (χ2v) is 9.63. The van der Waals surface area contributed by atoms with Gasteiger partial charge < -0.3 is 14.7 Å². The van der Waals surface area contributed by atoms with Gasteiger partial charge in [-0.1, -0.05) is 58.3 Å². The Morgan fingerprint density at radius 3 is 2.00 bits per heavy atom. The van der Waals surface area contributed by atoms with Gasteiger partial charge in [-0.3, -0.25) is 0 Å². The van der Waals surface area contributed by atoms with Crippen LogP contribution in [0.5, 0.6) is 0 Å². The molecular formula is C22H41NO3. The number of aliphatic hydroxyl groups is 1. The molecule has 4 heteroatoms. The Balaban J connectivity index is 1.72. The standard InChI is InChI=1S/C22H41NO3/c1-5-6-7-8-9-10-11-12-15-22(25)16-18-13-14-19(17-22)23(18)20(24)26-21(2,3)4/h18-19,25H,5-17H2,1-4H3. The number of piperidine rings is 1. The molecule has 2 aliphatic heterocycles. The van der Waals surface area contributed by atoms with Crippen LogP contribution in [0.4, 0.5) is 4.79 Å². The van der Waals surface area contributed by atoms with Gasteiger partial charge in [0.15, 0.2) is 0 Å². The van der Waals surface area contributed by atoms with Gasteiger partial charge in [0.2, 0.25) is 0 Å². The highest BCUT2D eigenvalue weighted by atomic mass is 16.6. The van der Waals surface area contributed by atoms with E-state index in [4.69, 9.17) is 4.74 Å². The Bertz CT molecular complexity index is 429. The number of rotatable bonds is 9. The third kappa shape index (κ3) is 6.44. The van der Waals surface area contributed by atoms with Gasteiger partial charge in [0.25, 0.3) is 0 Å². The summed E-state index contributed by atoms with van der Waals surface area (Å²) in [5, 5.41) is 11.1. The van der Waals surface area contributed by atoms with Crippen molar-refractivity contribution in [2.45, 2.75) is 134 Å². The maximum Gasteiger partial charge on any atom is 0.410 e. The molecule has 0 aromatic heterocycles. The van der Waals surface area contributed by atoms with Gasteiger partial charge in [-0.05, 0) is 52.9 Å². The third-order valence-corrected chi connectivity index (χ3v) is 5.95. The first-order chi connectivity index (χ1) is 12.2. The van der Waals surface area contributed by atoms with Crippen molar-refractivity contribution in [3.8, 4) is 0 Å². The van der Waals surface area contributed by atoms with Crippen molar-refractivity contribution in [1.29, 1.82) is 0 Å². The van der Waals surface area contributed by atoms with Gasteiger partial charge in [-0.15, -0.1) is 0 Å². The Morgan fingerprint density at radius 1 is 1.00 bits per heavy atom. The molecule has 2 heterocycles. The van der Waals surface area contributed by atoms with Crippen molar-refractivity contribution in [3.63, 3.8) is 0 Å². The summed E-state index contributed by atoms with van der Waals surface area (Å²) in [5.41, 5.74) is -1.03. The van der Waals surface area contributed by atoms with Crippen molar-refractivity contribution in [3.05, 3.63) is 0 Å². The maximum atomic E-state index is 12.5. The molecule has 2 atom stereocenters. The van der Waals surface area contributed by atoms with Crippen LogP contribution in [-0.2, 0) is 4.74 Å². The molecule has 0 saturated carbocycles. The fraction of sp³-hybridized carbons (Fsp3) is 0.955. The van der Waals surface area contributed by atoms with Crippen LogP contribution in [0.2, 0.25) is 0 Å². The Hall–Kier alpha value is -0.770. The summed E-state index contributed by atoms with van der Waals surface area (Å²) in [7, 11) is 0. The van der Waals surface area contributed by atoms with Crippen LogP contribution >= 0.6 is 0 Å². The molecule has 152 valence electrons. The summed E-state index contributed by atoms with van der Waals surface area (Å²) in [6.07, 6.45) is 14.5. The summed E-state index contributed by atoms with van der Waals surface area (Å²) < 4.78 is 5.58. The number of carbonyl (C=O) groups excluding carboxylic acids is 1. The van der Waals surface area contributed by atoms with E-state index in [0.717, 1.165) is 38.5 Å². The monoisotopic (exact) mass is 367 g/mol. The van der Waals surface area contributed by atoms with Crippen LogP contribution in [0.25, 0.3) is 0 Å². The average molecular weight is 368 g/mol. The normalized spacial score (nSPS) is 28.4. The molecule has 0 aromatic rings. The molecule has 1 N–H and O–H groups in total. The second kappa shape index (κ2) is 9.43. The number of hydrogen-bond acceptors (Lipinski definition) is 3. The van der Waals surface area contributed by atoms with Gasteiger partial charge in [-0.2, -0.15) is 0 Å². The zero-order chi connectivity index (χ0) is 19.2. The zero-order valence-electron chi connectivity index (χ0n) is 17.6. The van der Waals surface area contributed by atoms with Crippen molar-refractivity contribution >= 4 is 6.09 Å². The van der Waals surface area contributed by atoms with E-state index in [1.165, 1.54) is 44.9 Å². The topological polar surface area (TPSA) is 49.8 Å². The molecule has 0 spiro atoms. The highest BCUT2D eigenvalue weighted by Crippen LogP contribution is 2.43. The number of fused-ring (bicyclic) bond motifs is 2. The molecule has 1 amide bonds. The van der Waals surface area contributed by atoms with Crippen molar-refractivity contribution in [2.24, 2.45) is 0 Å². The molecular weight excluding hydrogens is 326 g/mol. The summed E-state index contributed by atoms with van der Waals surface area (Å²) in [4.78, 5) is 14.4. The van der Waals surface area contributed by atoms with E-state index in [1.807, 2.05) is 25.7 Å². The molecule has 2 fully saturated rings. The van der Waals surface area contributed by atoms with E-state index in [0.29, 0.717) is 0 Å². The quantitative estimate of drug-likeness (QED) is 0.523.